The van der Waals surface area contributed by atoms with Crippen molar-refractivity contribution in [1.82, 2.24) is 4.90 Å². The van der Waals surface area contributed by atoms with Crippen molar-refractivity contribution in [2.24, 2.45) is 17.8 Å². The number of nitrogens with zero attached hydrogens (tertiary/aromatic N) is 1. The molecule has 1 aromatic carbocycles. The van der Waals surface area contributed by atoms with Crippen LogP contribution >= 0.6 is 11.6 Å². The molecule has 3 heterocycles. The number of hydrogen-bond acceptors (Lipinski definition) is 4. The van der Waals surface area contributed by atoms with Crippen molar-refractivity contribution >= 4 is 35.0 Å². The van der Waals surface area contributed by atoms with Crippen molar-refractivity contribution in [3.63, 3.8) is 0 Å². The van der Waals surface area contributed by atoms with Gasteiger partial charge in [-0.3, -0.25) is 19.3 Å². The van der Waals surface area contributed by atoms with E-state index in [0.29, 0.717) is 16.3 Å². The van der Waals surface area contributed by atoms with Gasteiger partial charge in [-0.25, -0.2) is 0 Å². The summed E-state index contributed by atoms with van der Waals surface area (Å²) in [5.74, 6) is -1.95. The van der Waals surface area contributed by atoms with Crippen LogP contribution in [0.25, 0.3) is 0 Å². The first kappa shape index (κ1) is 18.4. The van der Waals surface area contributed by atoms with Gasteiger partial charge in [0.1, 0.15) is 17.9 Å². The third-order valence-corrected chi connectivity index (χ3v) is 6.48. The number of amides is 3. The first-order valence-electron chi connectivity index (χ1n) is 9.15. The van der Waals surface area contributed by atoms with E-state index in [4.69, 9.17) is 16.3 Å². The number of anilines is 1. The molecule has 2 saturated heterocycles. The average Bonchev–Trinajstić information content (AvgIpc) is 3.21. The first-order valence-corrected chi connectivity index (χ1v) is 9.53. The molecule has 3 aliphatic rings. The van der Waals surface area contributed by atoms with Crippen LogP contribution in [-0.4, -0.2) is 48.9 Å². The molecule has 1 spiro atoms. The second kappa shape index (κ2) is 6.29. The summed E-state index contributed by atoms with van der Waals surface area (Å²) in [7, 11) is 1.53. The van der Waals surface area contributed by atoms with E-state index in [-0.39, 0.29) is 42.8 Å². The van der Waals surface area contributed by atoms with Crippen LogP contribution in [0.5, 0.6) is 0 Å². The minimum atomic E-state index is -1.16. The first-order chi connectivity index (χ1) is 12.8. The summed E-state index contributed by atoms with van der Waals surface area (Å²) in [6.07, 6.45) is 0. The highest BCUT2D eigenvalue weighted by molar-refractivity contribution is 6.35. The van der Waals surface area contributed by atoms with Gasteiger partial charge in [0.05, 0.1) is 23.9 Å². The lowest BCUT2D eigenvalue weighted by Crippen LogP contribution is -2.99. The molecule has 3 N–H and O–H groups in total. The maximum absolute atomic E-state index is 13.3. The topological polar surface area (TPSA) is 92.3 Å². The molecule has 144 valence electrons. The number of rotatable bonds is 4. The highest BCUT2D eigenvalue weighted by Crippen LogP contribution is 2.51. The fourth-order valence-electron chi connectivity index (χ4n) is 4.95. The lowest BCUT2D eigenvalue weighted by atomic mass is 9.76. The fourth-order valence-corrected chi connectivity index (χ4v) is 5.17. The second-order valence-corrected chi connectivity index (χ2v) is 8.21. The van der Waals surface area contributed by atoms with Gasteiger partial charge in [0.25, 0.3) is 5.91 Å². The van der Waals surface area contributed by atoms with E-state index < -0.39 is 17.4 Å². The number of ether oxygens (including phenoxy) is 1. The van der Waals surface area contributed by atoms with Crippen LogP contribution in [0.4, 0.5) is 5.69 Å². The zero-order chi connectivity index (χ0) is 19.5. The maximum atomic E-state index is 13.3. The molecule has 0 aromatic heterocycles. The highest BCUT2D eigenvalue weighted by Gasteiger charge is 2.74. The van der Waals surface area contributed by atoms with E-state index in [1.807, 2.05) is 25.2 Å². The Bertz CT molecular complexity index is 842. The number of benzene rings is 1. The molecule has 0 bridgehead atoms. The second-order valence-electron chi connectivity index (χ2n) is 7.80. The number of imide groups is 1. The molecule has 0 unspecified atom stereocenters. The van der Waals surface area contributed by atoms with Crippen LogP contribution in [0.1, 0.15) is 19.4 Å². The number of halogens is 1. The van der Waals surface area contributed by atoms with Crippen molar-refractivity contribution in [1.29, 1.82) is 0 Å². The Morgan fingerprint density at radius 1 is 1.30 bits per heavy atom. The molecule has 1 aromatic rings. The van der Waals surface area contributed by atoms with Gasteiger partial charge in [0.15, 0.2) is 0 Å². The van der Waals surface area contributed by atoms with Crippen molar-refractivity contribution in [3.05, 3.63) is 28.8 Å². The van der Waals surface area contributed by atoms with Crippen LogP contribution < -0.4 is 10.6 Å². The maximum Gasteiger partial charge on any atom is 0.291 e. The van der Waals surface area contributed by atoms with E-state index in [9.17, 15) is 14.4 Å². The van der Waals surface area contributed by atoms with Gasteiger partial charge >= 0.3 is 0 Å². The standard InChI is InChI=1S/C19H22ClN3O4/c1-9(2)14-12-13(17(25)23(16(12)24)7-8-27-3)19(22-14)10-5-4-6-11(20)15(10)21-18(19)26/h4-6,9,12-14,22H,7-8H2,1-3H3,(H,21,26)/p+1/t12-,13-,14+,19-/m0/s1. The largest absolute Gasteiger partial charge is 0.383 e. The van der Waals surface area contributed by atoms with Crippen molar-refractivity contribution < 1.29 is 24.4 Å². The molecule has 2 fully saturated rings. The van der Waals surface area contributed by atoms with E-state index in [2.05, 4.69) is 5.32 Å². The molecule has 0 aliphatic carbocycles. The molecule has 0 saturated carbocycles. The molecule has 4 atom stereocenters. The van der Waals surface area contributed by atoms with Crippen LogP contribution in [0, 0.1) is 17.8 Å². The molecule has 3 aliphatic heterocycles. The number of methoxy groups -OCH3 is 1. The summed E-state index contributed by atoms with van der Waals surface area (Å²) in [6.45, 7) is 4.50. The summed E-state index contributed by atoms with van der Waals surface area (Å²) in [5.41, 5.74) is 0.0704. The van der Waals surface area contributed by atoms with E-state index in [0.717, 1.165) is 0 Å². The van der Waals surface area contributed by atoms with Gasteiger partial charge in [-0.1, -0.05) is 31.5 Å². The number of carbonyl (C=O) groups excluding carboxylic acids is 3. The monoisotopic (exact) mass is 392 g/mol. The lowest BCUT2D eigenvalue weighted by Gasteiger charge is -2.27. The zero-order valence-corrected chi connectivity index (χ0v) is 16.2. The van der Waals surface area contributed by atoms with Crippen molar-refractivity contribution in [2.45, 2.75) is 25.4 Å². The summed E-state index contributed by atoms with van der Waals surface area (Å²) in [6, 6.07) is 5.14. The summed E-state index contributed by atoms with van der Waals surface area (Å²) in [4.78, 5) is 40.9. The van der Waals surface area contributed by atoms with Gasteiger partial charge in [-0.2, -0.15) is 0 Å². The van der Waals surface area contributed by atoms with E-state index in [1.165, 1.54) is 12.0 Å². The number of nitrogens with one attached hydrogen (secondary N) is 1. The Morgan fingerprint density at radius 3 is 2.70 bits per heavy atom. The Kier molecular flexibility index (Phi) is 4.29. The van der Waals surface area contributed by atoms with Crippen molar-refractivity contribution in [3.8, 4) is 0 Å². The molecular formula is C19H23ClN3O4+. The van der Waals surface area contributed by atoms with Gasteiger partial charge in [0, 0.05) is 18.6 Å². The SMILES string of the molecule is COCCN1C(=O)[C@@H]2[C@@H](C(C)C)[NH2+][C@]3(C(=O)Nc4c(Cl)cccc43)[C@@H]2C1=O. The number of para-hydroxylation sites is 1. The Morgan fingerprint density at radius 2 is 2.04 bits per heavy atom. The predicted octanol–water partition coefficient (Wildman–Crippen LogP) is 0.337. The summed E-state index contributed by atoms with van der Waals surface area (Å²) in [5, 5.41) is 5.21. The minimum Gasteiger partial charge on any atom is -0.383 e. The van der Waals surface area contributed by atoms with Crippen LogP contribution in [0.3, 0.4) is 0 Å². The predicted molar refractivity (Wildman–Crippen MR) is 97.9 cm³/mol. The molecule has 0 radical (unpaired) electrons. The highest BCUT2D eigenvalue weighted by atomic mass is 35.5. The van der Waals surface area contributed by atoms with Gasteiger partial charge in [-0.15, -0.1) is 0 Å². The zero-order valence-electron chi connectivity index (χ0n) is 15.5. The van der Waals surface area contributed by atoms with E-state index in [1.54, 1.807) is 12.1 Å². The minimum absolute atomic E-state index is 0.118. The van der Waals surface area contributed by atoms with Crippen LogP contribution in [-0.2, 0) is 24.7 Å². The van der Waals surface area contributed by atoms with Gasteiger partial charge < -0.3 is 15.4 Å². The Hall–Kier alpha value is -1.96. The molecule has 3 amide bonds. The Balaban J connectivity index is 1.87. The fraction of sp³-hybridized carbons (Fsp3) is 0.526. The lowest BCUT2D eigenvalue weighted by molar-refractivity contribution is -0.738. The van der Waals surface area contributed by atoms with Gasteiger partial charge in [0.2, 0.25) is 17.4 Å². The van der Waals surface area contributed by atoms with Crippen molar-refractivity contribution in [2.75, 3.05) is 25.6 Å². The number of nitrogens with two attached hydrogens (primary N) is 1. The third-order valence-electron chi connectivity index (χ3n) is 6.17. The summed E-state index contributed by atoms with van der Waals surface area (Å²) < 4.78 is 5.06. The summed E-state index contributed by atoms with van der Waals surface area (Å²) >= 11 is 6.29. The third kappa shape index (κ3) is 2.31. The average molecular weight is 393 g/mol. The van der Waals surface area contributed by atoms with Crippen LogP contribution in [0.2, 0.25) is 5.02 Å². The normalized spacial score (nSPS) is 31.8. The Labute approximate surface area is 162 Å². The number of likely N-dealkylation sites (tertiary alicyclic amines) is 1. The molecule has 27 heavy (non-hydrogen) atoms. The number of hydrogen-bond donors (Lipinski definition) is 2. The molecular weight excluding hydrogens is 370 g/mol. The number of carbonyl (C=O) groups is 3. The number of quaternary nitrogens is 1. The quantitative estimate of drug-likeness (QED) is 0.722. The van der Waals surface area contributed by atoms with E-state index >= 15 is 0 Å². The number of fused-ring (bicyclic) bond motifs is 4. The van der Waals surface area contributed by atoms with Crippen LogP contribution in [0.15, 0.2) is 18.2 Å². The molecule has 8 heteroatoms. The smallest absolute Gasteiger partial charge is 0.291 e. The molecule has 4 rings (SSSR count). The van der Waals surface area contributed by atoms with Gasteiger partial charge in [-0.05, 0) is 12.1 Å². The molecule has 7 nitrogen and oxygen atoms in total.